The van der Waals surface area contributed by atoms with Gasteiger partial charge in [0.25, 0.3) is 0 Å². The van der Waals surface area contributed by atoms with Crippen molar-refractivity contribution >= 4 is 22.7 Å². The summed E-state index contributed by atoms with van der Waals surface area (Å²) in [5, 5.41) is 0. The number of anilines is 4. The van der Waals surface area contributed by atoms with Gasteiger partial charge < -0.3 is 9.80 Å². The Hall–Kier alpha value is -3.52. The molecule has 0 aromatic heterocycles. The Morgan fingerprint density at radius 1 is 0.646 bits per heavy atom. The molecular formula is C46H62N2. The lowest BCUT2D eigenvalue weighted by Gasteiger charge is -2.33. The van der Waals surface area contributed by atoms with Gasteiger partial charge in [-0.25, -0.2) is 0 Å². The lowest BCUT2D eigenvalue weighted by molar-refractivity contribution is 0.357. The van der Waals surface area contributed by atoms with Crippen molar-refractivity contribution in [3.8, 4) is 0 Å². The predicted octanol–water partition coefficient (Wildman–Crippen LogP) is 13.2. The van der Waals surface area contributed by atoms with Crippen molar-refractivity contribution in [2.75, 3.05) is 22.9 Å². The molecule has 256 valence electrons. The summed E-state index contributed by atoms with van der Waals surface area (Å²) in [5.74, 6) is 1.78. The lowest BCUT2D eigenvalue weighted by Crippen LogP contribution is -2.30. The Bertz CT molecular complexity index is 1600. The molecule has 2 nitrogen and oxygen atoms in total. The van der Waals surface area contributed by atoms with E-state index in [9.17, 15) is 0 Å². The zero-order valence-electron chi connectivity index (χ0n) is 31.7. The van der Waals surface area contributed by atoms with Crippen LogP contribution in [0, 0.1) is 5.92 Å². The number of fused-ring (bicyclic) bond motifs is 1. The predicted molar refractivity (Wildman–Crippen MR) is 211 cm³/mol. The highest BCUT2D eigenvalue weighted by molar-refractivity contribution is 5.77. The van der Waals surface area contributed by atoms with Gasteiger partial charge in [-0.3, -0.25) is 0 Å². The molecule has 1 aliphatic heterocycles. The highest BCUT2D eigenvalue weighted by atomic mass is 15.1. The van der Waals surface area contributed by atoms with E-state index in [1.165, 1.54) is 83.7 Å². The second kappa shape index (κ2) is 14.9. The molecule has 5 rings (SSSR count). The minimum atomic E-state index is 0.112. The summed E-state index contributed by atoms with van der Waals surface area (Å²) >= 11 is 0. The fourth-order valence-corrected chi connectivity index (χ4v) is 7.64. The SMILES string of the molecule is CC(CCCN1CCCc2cc(C(C)C)ccc21)CC(C)(C)c1ccc(N(c2ccc(C(C)C)cc2)c2ccc(C(C)(C)C)cc2)cc1. The highest BCUT2D eigenvalue weighted by Gasteiger charge is 2.25. The van der Waals surface area contributed by atoms with Gasteiger partial charge in [0.2, 0.25) is 0 Å². The van der Waals surface area contributed by atoms with Crippen LogP contribution in [0.5, 0.6) is 0 Å². The van der Waals surface area contributed by atoms with E-state index in [-0.39, 0.29) is 10.8 Å². The van der Waals surface area contributed by atoms with Gasteiger partial charge in [0, 0.05) is 35.8 Å². The average molecular weight is 643 g/mol. The molecule has 2 heteroatoms. The maximum absolute atomic E-state index is 2.65. The summed E-state index contributed by atoms with van der Waals surface area (Å²) in [6.07, 6.45) is 6.20. The second-order valence-corrected chi connectivity index (χ2v) is 16.9. The Labute approximate surface area is 293 Å². The maximum Gasteiger partial charge on any atom is 0.0461 e. The Morgan fingerprint density at radius 2 is 1.17 bits per heavy atom. The number of benzene rings is 4. The van der Waals surface area contributed by atoms with Crippen molar-refractivity contribution in [2.24, 2.45) is 5.92 Å². The van der Waals surface area contributed by atoms with Crippen LogP contribution in [0.2, 0.25) is 0 Å². The summed E-state index contributed by atoms with van der Waals surface area (Å²) in [4.78, 5) is 5.05. The van der Waals surface area contributed by atoms with E-state index in [0.29, 0.717) is 17.8 Å². The monoisotopic (exact) mass is 642 g/mol. The average Bonchev–Trinajstić information content (AvgIpc) is 3.05. The molecule has 1 atom stereocenters. The molecule has 0 spiro atoms. The molecule has 4 aromatic rings. The van der Waals surface area contributed by atoms with Crippen molar-refractivity contribution in [3.63, 3.8) is 0 Å². The first-order chi connectivity index (χ1) is 22.7. The third-order valence-electron chi connectivity index (χ3n) is 10.7. The number of hydrogen-bond acceptors (Lipinski definition) is 2. The van der Waals surface area contributed by atoms with Gasteiger partial charge in [0.1, 0.15) is 0 Å². The minimum absolute atomic E-state index is 0.112. The lowest BCUT2D eigenvalue weighted by atomic mass is 9.76. The van der Waals surface area contributed by atoms with Gasteiger partial charge in [-0.1, -0.05) is 118 Å². The molecule has 0 bridgehead atoms. The van der Waals surface area contributed by atoms with Crippen LogP contribution in [0.3, 0.4) is 0 Å². The van der Waals surface area contributed by atoms with Crippen LogP contribution < -0.4 is 9.80 Å². The molecule has 4 aromatic carbocycles. The van der Waals surface area contributed by atoms with Crippen LogP contribution in [0.1, 0.15) is 135 Å². The third kappa shape index (κ3) is 8.55. The number of hydrogen-bond donors (Lipinski definition) is 0. The molecule has 0 amide bonds. The van der Waals surface area contributed by atoms with Crippen molar-refractivity contribution in [2.45, 2.75) is 124 Å². The fraction of sp³-hybridized carbons (Fsp3) is 0.478. The standard InChI is InChI=1S/C46H62N2/c1-33(2)36-15-22-41(23-16-36)48(42-24-18-39(19-25-42)45(6,7)8)43-26-20-40(21-27-43)46(9,10)32-35(5)13-11-29-47-30-12-14-38-31-37(34(3)4)17-28-44(38)47/h15-28,31,33-35H,11-14,29-30,32H2,1-10H3. The smallest absolute Gasteiger partial charge is 0.0461 e. The molecule has 0 saturated heterocycles. The van der Waals surface area contributed by atoms with E-state index in [1.807, 2.05) is 0 Å². The summed E-state index contributed by atoms with van der Waals surface area (Å²) in [7, 11) is 0. The summed E-state index contributed by atoms with van der Waals surface area (Å²) < 4.78 is 0. The number of nitrogens with zero attached hydrogens (tertiary/aromatic N) is 2. The zero-order valence-corrected chi connectivity index (χ0v) is 31.7. The van der Waals surface area contributed by atoms with E-state index in [0.717, 1.165) is 6.54 Å². The fourth-order valence-electron chi connectivity index (χ4n) is 7.64. The van der Waals surface area contributed by atoms with Crippen LogP contribution in [0.25, 0.3) is 0 Å². The van der Waals surface area contributed by atoms with Gasteiger partial charge in [-0.15, -0.1) is 0 Å². The molecule has 1 aliphatic rings. The maximum atomic E-state index is 2.65. The first kappa shape index (κ1) is 35.8. The Morgan fingerprint density at radius 3 is 1.71 bits per heavy atom. The van der Waals surface area contributed by atoms with Crippen LogP contribution in [-0.4, -0.2) is 13.1 Å². The first-order valence-corrected chi connectivity index (χ1v) is 18.7. The molecule has 0 fully saturated rings. The van der Waals surface area contributed by atoms with Crippen LogP contribution >= 0.6 is 0 Å². The van der Waals surface area contributed by atoms with E-state index in [1.54, 1.807) is 5.56 Å². The van der Waals surface area contributed by atoms with E-state index in [2.05, 4.69) is 170 Å². The van der Waals surface area contributed by atoms with Crippen molar-refractivity contribution in [3.05, 3.63) is 119 Å². The molecule has 0 N–H and O–H groups in total. The Balaban J connectivity index is 1.26. The van der Waals surface area contributed by atoms with Gasteiger partial charge in [0.05, 0.1) is 0 Å². The second-order valence-electron chi connectivity index (χ2n) is 16.9. The molecule has 48 heavy (non-hydrogen) atoms. The van der Waals surface area contributed by atoms with Crippen molar-refractivity contribution in [1.29, 1.82) is 0 Å². The van der Waals surface area contributed by atoms with Crippen LogP contribution in [0.4, 0.5) is 22.7 Å². The largest absolute Gasteiger partial charge is 0.371 e. The van der Waals surface area contributed by atoms with E-state index in [4.69, 9.17) is 0 Å². The van der Waals surface area contributed by atoms with Crippen LogP contribution in [-0.2, 0) is 17.3 Å². The van der Waals surface area contributed by atoms with Gasteiger partial charge in [-0.2, -0.15) is 0 Å². The minimum Gasteiger partial charge on any atom is -0.371 e. The normalized spacial score (nSPS) is 14.4. The topological polar surface area (TPSA) is 6.48 Å². The van der Waals surface area contributed by atoms with Crippen molar-refractivity contribution in [1.82, 2.24) is 0 Å². The summed E-state index contributed by atoms with van der Waals surface area (Å²) in [5.41, 5.74) is 12.5. The molecule has 0 saturated carbocycles. The highest BCUT2D eigenvalue weighted by Crippen LogP contribution is 2.39. The summed E-state index contributed by atoms with van der Waals surface area (Å²) in [6, 6.07) is 34.9. The molecule has 1 heterocycles. The van der Waals surface area contributed by atoms with Crippen molar-refractivity contribution < 1.29 is 0 Å². The van der Waals surface area contributed by atoms with Gasteiger partial charge in [0.15, 0.2) is 0 Å². The van der Waals surface area contributed by atoms with Gasteiger partial charge in [-0.05, 0) is 131 Å². The quantitative estimate of drug-likeness (QED) is 0.152. The Kier molecular flexibility index (Phi) is 11.1. The van der Waals surface area contributed by atoms with E-state index >= 15 is 0 Å². The molecule has 1 unspecified atom stereocenters. The van der Waals surface area contributed by atoms with Gasteiger partial charge >= 0.3 is 0 Å². The third-order valence-corrected chi connectivity index (χ3v) is 10.7. The molecule has 0 radical (unpaired) electrons. The van der Waals surface area contributed by atoms with Crippen LogP contribution in [0.15, 0.2) is 91.0 Å². The van der Waals surface area contributed by atoms with E-state index < -0.39 is 0 Å². The number of rotatable bonds is 12. The summed E-state index contributed by atoms with van der Waals surface area (Å²) in [6.45, 7) is 25.6. The number of aryl methyl sites for hydroxylation is 1. The molecular weight excluding hydrogens is 581 g/mol. The zero-order chi connectivity index (χ0) is 34.6. The first-order valence-electron chi connectivity index (χ1n) is 18.7. The molecule has 0 aliphatic carbocycles.